The van der Waals surface area contributed by atoms with Crippen molar-refractivity contribution in [2.45, 2.75) is 52.1 Å². The summed E-state index contributed by atoms with van der Waals surface area (Å²) in [6.07, 6.45) is 3.55. The number of rotatable bonds is 13. The summed E-state index contributed by atoms with van der Waals surface area (Å²) in [6.45, 7) is 11.6. The normalized spacial score (nSPS) is 13.4. The van der Waals surface area contributed by atoms with E-state index in [1.54, 1.807) is 14.2 Å². The first kappa shape index (κ1) is 18.8. The Bertz CT molecular complexity index is 189. The molecule has 1 N–H and O–H groups in total. The number of ether oxygens (including phenoxy) is 2. The molecule has 0 aromatic rings. The molecule has 0 aliphatic heterocycles. The Balaban J connectivity index is 3.88. The Morgan fingerprint density at radius 2 is 1.63 bits per heavy atom. The van der Waals surface area contributed by atoms with Crippen LogP contribution in [0, 0.1) is 0 Å². The molecule has 1 unspecified atom stereocenters. The van der Waals surface area contributed by atoms with E-state index < -0.39 is 0 Å². The van der Waals surface area contributed by atoms with Crippen LogP contribution in [0.5, 0.6) is 0 Å². The third-order valence-electron chi connectivity index (χ3n) is 3.35. The van der Waals surface area contributed by atoms with Crippen LogP contribution >= 0.6 is 0 Å². The highest BCUT2D eigenvalue weighted by Gasteiger charge is 2.12. The fourth-order valence-corrected chi connectivity index (χ4v) is 2.14. The van der Waals surface area contributed by atoms with Gasteiger partial charge in [-0.2, -0.15) is 0 Å². The van der Waals surface area contributed by atoms with E-state index in [2.05, 4.69) is 31.0 Å². The molecule has 0 fully saturated rings. The van der Waals surface area contributed by atoms with E-state index in [9.17, 15) is 0 Å². The Kier molecular flexibility index (Phi) is 12.7. The van der Waals surface area contributed by atoms with Gasteiger partial charge in [0.05, 0.1) is 6.61 Å². The summed E-state index contributed by atoms with van der Waals surface area (Å²) in [5.74, 6) is 0. The van der Waals surface area contributed by atoms with Crippen LogP contribution in [0.15, 0.2) is 0 Å². The average Bonchev–Trinajstić information content (AvgIpc) is 2.38. The molecule has 19 heavy (non-hydrogen) atoms. The van der Waals surface area contributed by atoms with E-state index in [0.717, 1.165) is 39.3 Å². The van der Waals surface area contributed by atoms with E-state index in [-0.39, 0.29) is 0 Å². The molecule has 0 amide bonds. The second-order valence-corrected chi connectivity index (χ2v) is 5.48. The van der Waals surface area contributed by atoms with Crippen LogP contribution in [0.3, 0.4) is 0 Å². The molecule has 0 radical (unpaired) electrons. The maximum atomic E-state index is 5.20. The van der Waals surface area contributed by atoms with Gasteiger partial charge < -0.3 is 14.8 Å². The Hall–Kier alpha value is -0.160. The summed E-state index contributed by atoms with van der Waals surface area (Å²) in [5, 5.41) is 3.47. The maximum absolute atomic E-state index is 5.20. The molecule has 0 saturated heterocycles. The monoisotopic (exact) mass is 274 g/mol. The zero-order valence-electron chi connectivity index (χ0n) is 13.6. The van der Waals surface area contributed by atoms with Crippen molar-refractivity contribution in [3.8, 4) is 0 Å². The first-order valence-electron chi connectivity index (χ1n) is 7.57. The largest absolute Gasteiger partial charge is 0.385 e. The average molecular weight is 274 g/mol. The van der Waals surface area contributed by atoms with Crippen LogP contribution < -0.4 is 5.32 Å². The van der Waals surface area contributed by atoms with Crippen molar-refractivity contribution in [2.24, 2.45) is 0 Å². The molecule has 0 rings (SSSR count). The highest BCUT2D eigenvalue weighted by molar-refractivity contribution is 4.68. The smallest absolute Gasteiger partial charge is 0.0589 e. The lowest BCUT2D eigenvalue weighted by Gasteiger charge is -2.29. The van der Waals surface area contributed by atoms with Crippen LogP contribution in [-0.2, 0) is 9.47 Å². The molecule has 0 aromatic carbocycles. The molecule has 0 bridgehead atoms. The summed E-state index contributed by atoms with van der Waals surface area (Å²) in [7, 11) is 3.53. The van der Waals surface area contributed by atoms with Gasteiger partial charge in [-0.05, 0) is 32.7 Å². The van der Waals surface area contributed by atoms with Gasteiger partial charge in [-0.25, -0.2) is 0 Å². The Labute approximate surface area is 119 Å². The standard InChI is InChI=1S/C15H34N2O2/c1-14(2)16-9-6-8-15(3)17(11-13-19-5)10-7-12-18-4/h14-16H,6-13H2,1-5H3. The van der Waals surface area contributed by atoms with Crippen LogP contribution in [-0.4, -0.2) is 64.1 Å². The second kappa shape index (κ2) is 12.9. The van der Waals surface area contributed by atoms with Crippen LogP contribution in [0.2, 0.25) is 0 Å². The van der Waals surface area contributed by atoms with Crippen LogP contribution in [0.25, 0.3) is 0 Å². The van der Waals surface area contributed by atoms with Gasteiger partial charge in [-0.15, -0.1) is 0 Å². The maximum Gasteiger partial charge on any atom is 0.0589 e. The van der Waals surface area contributed by atoms with Crippen molar-refractivity contribution in [2.75, 3.05) is 47.1 Å². The van der Waals surface area contributed by atoms with Crippen LogP contribution in [0.1, 0.15) is 40.0 Å². The van der Waals surface area contributed by atoms with E-state index in [0.29, 0.717) is 12.1 Å². The van der Waals surface area contributed by atoms with Crippen molar-refractivity contribution in [3.63, 3.8) is 0 Å². The van der Waals surface area contributed by atoms with Crippen molar-refractivity contribution >= 4 is 0 Å². The number of nitrogens with zero attached hydrogens (tertiary/aromatic N) is 1. The van der Waals surface area contributed by atoms with Crippen molar-refractivity contribution < 1.29 is 9.47 Å². The predicted octanol–water partition coefficient (Wildman–Crippen LogP) is 2.14. The number of nitrogens with one attached hydrogen (secondary N) is 1. The van der Waals surface area contributed by atoms with E-state index in [1.807, 2.05) is 0 Å². The molecule has 0 aliphatic rings. The van der Waals surface area contributed by atoms with Gasteiger partial charge in [0.2, 0.25) is 0 Å². The minimum Gasteiger partial charge on any atom is -0.385 e. The highest BCUT2D eigenvalue weighted by Crippen LogP contribution is 2.07. The first-order valence-corrected chi connectivity index (χ1v) is 7.57. The summed E-state index contributed by atoms with van der Waals surface area (Å²) in [6, 6.07) is 1.20. The van der Waals surface area contributed by atoms with E-state index >= 15 is 0 Å². The molecule has 4 heteroatoms. The highest BCUT2D eigenvalue weighted by atomic mass is 16.5. The number of methoxy groups -OCH3 is 2. The summed E-state index contributed by atoms with van der Waals surface area (Å²) >= 11 is 0. The fraction of sp³-hybridized carbons (Fsp3) is 1.00. The molecule has 0 saturated carbocycles. The minimum atomic E-state index is 0.585. The Morgan fingerprint density at radius 3 is 2.21 bits per heavy atom. The lowest BCUT2D eigenvalue weighted by molar-refractivity contribution is 0.107. The molecular formula is C15H34N2O2. The lowest BCUT2D eigenvalue weighted by Crippen LogP contribution is -2.37. The molecule has 0 heterocycles. The SMILES string of the molecule is COCCCN(CCOC)C(C)CCCNC(C)C. The third kappa shape index (κ3) is 11.4. The molecule has 0 aromatic heterocycles. The minimum absolute atomic E-state index is 0.585. The van der Waals surface area contributed by atoms with Gasteiger partial charge in [0.1, 0.15) is 0 Å². The molecular weight excluding hydrogens is 240 g/mol. The van der Waals surface area contributed by atoms with Gasteiger partial charge >= 0.3 is 0 Å². The number of hydrogen-bond acceptors (Lipinski definition) is 4. The molecule has 0 spiro atoms. The number of hydrogen-bond donors (Lipinski definition) is 1. The predicted molar refractivity (Wildman–Crippen MR) is 81.8 cm³/mol. The molecule has 0 aliphatic carbocycles. The lowest BCUT2D eigenvalue weighted by atomic mass is 10.1. The molecule has 116 valence electrons. The Morgan fingerprint density at radius 1 is 0.947 bits per heavy atom. The zero-order valence-corrected chi connectivity index (χ0v) is 13.6. The second-order valence-electron chi connectivity index (χ2n) is 5.48. The first-order chi connectivity index (χ1) is 9.11. The zero-order chi connectivity index (χ0) is 14.5. The van der Waals surface area contributed by atoms with E-state index in [4.69, 9.17) is 9.47 Å². The van der Waals surface area contributed by atoms with Gasteiger partial charge in [0, 0.05) is 46.0 Å². The summed E-state index contributed by atoms with van der Waals surface area (Å²) in [4.78, 5) is 2.51. The summed E-state index contributed by atoms with van der Waals surface area (Å²) < 4.78 is 10.3. The van der Waals surface area contributed by atoms with Gasteiger partial charge in [-0.3, -0.25) is 4.90 Å². The van der Waals surface area contributed by atoms with Gasteiger partial charge in [-0.1, -0.05) is 13.8 Å². The third-order valence-corrected chi connectivity index (χ3v) is 3.35. The summed E-state index contributed by atoms with van der Waals surface area (Å²) in [5.41, 5.74) is 0. The molecule has 1 atom stereocenters. The topological polar surface area (TPSA) is 33.7 Å². The van der Waals surface area contributed by atoms with Gasteiger partial charge in [0.15, 0.2) is 0 Å². The van der Waals surface area contributed by atoms with Gasteiger partial charge in [0.25, 0.3) is 0 Å². The van der Waals surface area contributed by atoms with Crippen molar-refractivity contribution in [1.29, 1.82) is 0 Å². The fourth-order valence-electron chi connectivity index (χ4n) is 2.14. The van der Waals surface area contributed by atoms with Crippen LogP contribution in [0.4, 0.5) is 0 Å². The molecule has 4 nitrogen and oxygen atoms in total. The van der Waals surface area contributed by atoms with Crippen molar-refractivity contribution in [1.82, 2.24) is 10.2 Å². The van der Waals surface area contributed by atoms with Crippen molar-refractivity contribution in [3.05, 3.63) is 0 Å². The van der Waals surface area contributed by atoms with E-state index in [1.165, 1.54) is 12.8 Å². The quantitative estimate of drug-likeness (QED) is 0.522.